The molecule has 0 atom stereocenters. The maximum absolute atomic E-state index is 7.13. The van der Waals surface area contributed by atoms with Crippen LogP contribution in [0.15, 0.2) is 0 Å². The molecule has 63 valence electrons. The molecule has 8 heteroatoms. The van der Waals surface area contributed by atoms with E-state index >= 15 is 0 Å². The first-order valence-corrected chi connectivity index (χ1v) is 1.67. The minimum atomic E-state index is 0. The normalized spacial score (nSPS) is 1.40. The van der Waals surface area contributed by atoms with Crippen molar-refractivity contribution in [2.24, 2.45) is 0 Å². The minimum absolute atomic E-state index is 0. The van der Waals surface area contributed by atoms with Crippen LogP contribution in [0.5, 0.6) is 0 Å². The zero-order valence-electron chi connectivity index (χ0n) is 4.54. The van der Waals surface area contributed by atoms with Crippen LogP contribution in [0.1, 0.15) is 0 Å². The molecule has 0 bridgehead atoms. The van der Waals surface area contributed by atoms with Crippen molar-refractivity contribution in [3.8, 4) is 10.8 Å². The maximum atomic E-state index is 7.13. The van der Waals surface area contributed by atoms with Gasteiger partial charge in [-0.3, -0.25) is 0 Å². The van der Waals surface area contributed by atoms with Crippen LogP contribution in [0.25, 0.3) is 0 Å². The van der Waals surface area contributed by atoms with E-state index in [9.17, 15) is 0 Å². The number of rotatable bonds is 0. The zero-order valence-corrected chi connectivity index (χ0v) is 7.22. The fraction of sp³-hybridized carbons (Fsp3) is 0. The van der Waals surface area contributed by atoms with Gasteiger partial charge in [-0.25, -0.2) is 10.5 Å². The van der Waals surface area contributed by atoms with E-state index in [0.29, 0.717) is 0 Å². The molecule has 1 radical (unpaired) electrons. The average Bonchev–Trinajstić information content (AvgIpc) is 1.39. The minimum Gasteiger partial charge on any atom is -0.696 e. The first kappa shape index (κ1) is 52.5. The van der Waals surface area contributed by atoms with Crippen LogP contribution in [0, 0.1) is 21.3 Å². The Morgan fingerprint density at radius 3 is 0.800 bits per heavy atom. The van der Waals surface area contributed by atoms with E-state index in [2.05, 4.69) is 25.3 Å². The van der Waals surface area contributed by atoms with Gasteiger partial charge in [0.25, 0.3) is 0 Å². The smallest absolute Gasteiger partial charge is 0.696 e. The number of nitrogens with zero attached hydrogens (tertiary/aromatic N) is 2. The van der Waals surface area contributed by atoms with Crippen molar-refractivity contribution in [1.29, 1.82) is 10.5 Å². The van der Waals surface area contributed by atoms with Crippen LogP contribution in [0.3, 0.4) is 0 Å². The maximum Gasteiger partial charge on any atom is 2.00 e. The summed E-state index contributed by atoms with van der Waals surface area (Å²) < 4.78 is 0. The molecule has 0 aliphatic rings. The Kier molecular flexibility index (Phi) is 863. The second-order valence-corrected chi connectivity index (χ2v) is 0.548. The number of thiocyanates is 2. The van der Waals surface area contributed by atoms with Gasteiger partial charge < -0.3 is 41.7 Å². The van der Waals surface area contributed by atoms with Crippen LogP contribution >= 0.6 is 0 Å². The van der Waals surface area contributed by atoms with E-state index in [1.54, 1.807) is 0 Å². The molecule has 6 N–H and O–H groups in total. The van der Waals surface area contributed by atoms with Gasteiger partial charge in [-0.15, -0.1) is 0 Å². The first-order chi connectivity index (χ1) is 2.83. The Bertz CT molecular complexity index is 77.5. The van der Waals surface area contributed by atoms with Crippen LogP contribution in [-0.2, 0) is 42.0 Å². The predicted molar refractivity (Wildman–Crippen MR) is 36.8 cm³/mol. The van der Waals surface area contributed by atoms with Gasteiger partial charge in [0, 0.05) is 0 Å². The monoisotopic (exact) mass is 229 g/mol. The van der Waals surface area contributed by atoms with E-state index in [-0.39, 0.29) is 33.2 Å². The standard InChI is InChI=1S/2CHNS.Co.3H2O/c2*2-1-3;;;;/h2*3H;;3*1H2/q;;+2;;;/p-2. The van der Waals surface area contributed by atoms with Crippen molar-refractivity contribution >= 4 is 25.3 Å². The van der Waals surface area contributed by atoms with Crippen LogP contribution in [-0.4, -0.2) is 16.4 Å². The van der Waals surface area contributed by atoms with E-state index in [0.717, 1.165) is 0 Å². The average molecular weight is 229 g/mol. The van der Waals surface area contributed by atoms with Crippen molar-refractivity contribution in [3.63, 3.8) is 0 Å². The summed E-state index contributed by atoms with van der Waals surface area (Å²) in [6.07, 6.45) is 0. The summed E-state index contributed by atoms with van der Waals surface area (Å²) in [5.74, 6) is 0. The molecule has 0 rings (SSSR count). The molecule has 0 aromatic rings. The van der Waals surface area contributed by atoms with Gasteiger partial charge in [0.05, 0.1) is 0 Å². The van der Waals surface area contributed by atoms with Gasteiger partial charge in [0.2, 0.25) is 0 Å². The van der Waals surface area contributed by atoms with Crippen molar-refractivity contribution in [3.05, 3.63) is 0 Å². The summed E-state index contributed by atoms with van der Waals surface area (Å²) in [4.78, 5) is 0. The van der Waals surface area contributed by atoms with Crippen LogP contribution in [0.2, 0.25) is 0 Å². The van der Waals surface area contributed by atoms with Gasteiger partial charge in [-0.05, 0) is 0 Å². The zero-order chi connectivity index (χ0) is 5.41. The molecular formula is C2H6CoN2O3S2. The first-order valence-electron chi connectivity index (χ1n) is 0.855. The van der Waals surface area contributed by atoms with Crippen molar-refractivity contribution in [2.45, 2.75) is 0 Å². The van der Waals surface area contributed by atoms with Crippen molar-refractivity contribution in [2.75, 3.05) is 0 Å². The summed E-state index contributed by atoms with van der Waals surface area (Å²) in [6.45, 7) is 0. The molecule has 10 heavy (non-hydrogen) atoms. The second kappa shape index (κ2) is 164. The number of hydrogen-bond acceptors (Lipinski definition) is 4. The topological polar surface area (TPSA) is 142 Å². The van der Waals surface area contributed by atoms with Crippen LogP contribution < -0.4 is 0 Å². The molecule has 0 fully saturated rings. The molecule has 0 spiro atoms. The van der Waals surface area contributed by atoms with Gasteiger partial charge in [0.15, 0.2) is 0 Å². The Morgan fingerprint density at radius 2 is 0.800 bits per heavy atom. The van der Waals surface area contributed by atoms with E-state index < -0.39 is 0 Å². The third kappa shape index (κ3) is 9660. The summed E-state index contributed by atoms with van der Waals surface area (Å²) in [6, 6.07) is 0. The van der Waals surface area contributed by atoms with Crippen LogP contribution in [0.4, 0.5) is 0 Å². The Balaban J connectivity index is -0.00000000571. The molecular weight excluding hydrogens is 223 g/mol. The molecule has 0 aliphatic carbocycles. The molecule has 5 nitrogen and oxygen atoms in total. The predicted octanol–water partition coefficient (Wildman–Crippen LogP) is -2.45. The Morgan fingerprint density at radius 1 is 0.800 bits per heavy atom. The summed E-state index contributed by atoms with van der Waals surface area (Å²) in [7, 11) is 0. The van der Waals surface area contributed by atoms with E-state index in [4.69, 9.17) is 10.5 Å². The SMILES string of the molecule is N#C[S-].N#C[S-].O.O.O.[Co+2]. The molecule has 0 amide bonds. The molecule has 0 aromatic carbocycles. The third-order valence-electron chi connectivity index (χ3n) is 0. The van der Waals surface area contributed by atoms with Gasteiger partial charge in [-0.2, -0.15) is 0 Å². The molecule has 0 saturated carbocycles. The quantitative estimate of drug-likeness (QED) is 0.335. The Hall–Kier alpha value is -0.194. The molecule has 0 aliphatic heterocycles. The van der Waals surface area contributed by atoms with Crippen molar-refractivity contribution < 1.29 is 33.2 Å². The van der Waals surface area contributed by atoms with Crippen molar-refractivity contribution in [1.82, 2.24) is 0 Å². The summed E-state index contributed by atoms with van der Waals surface area (Å²) in [5.41, 5.74) is 0. The fourth-order valence-electron chi connectivity index (χ4n) is 0. The van der Waals surface area contributed by atoms with Gasteiger partial charge in [-0.1, -0.05) is 10.8 Å². The van der Waals surface area contributed by atoms with Gasteiger partial charge in [0.1, 0.15) is 0 Å². The summed E-state index contributed by atoms with van der Waals surface area (Å²) >= 11 is 7.40. The fourth-order valence-corrected chi connectivity index (χ4v) is 0. The third-order valence-corrected chi connectivity index (χ3v) is 0. The molecule has 0 unspecified atom stereocenters. The summed E-state index contributed by atoms with van der Waals surface area (Å²) in [5, 5.41) is 16.9. The molecule has 0 saturated heterocycles. The van der Waals surface area contributed by atoms with Gasteiger partial charge >= 0.3 is 16.8 Å². The molecule has 0 aromatic heterocycles. The second-order valence-electron chi connectivity index (χ2n) is 0.183. The molecule has 0 heterocycles. The largest absolute Gasteiger partial charge is 2.00 e. The number of nitriles is 2. The number of hydrogen-bond donors (Lipinski definition) is 0. The Labute approximate surface area is 80.0 Å². The van der Waals surface area contributed by atoms with E-state index in [1.165, 1.54) is 10.8 Å². The van der Waals surface area contributed by atoms with E-state index in [1.807, 2.05) is 0 Å².